The number of unbranched alkanes of at least 4 members (excludes halogenated alkanes) is 29. The number of hydrogen-bond donors (Lipinski definition) is 6. The predicted molar refractivity (Wildman–Crippen MR) is 249 cm³/mol. The Labute approximate surface area is 382 Å². The maximum atomic E-state index is 12.8. The Morgan fingerprint density at radius 2 is 0.810 bits per heavy atom. The molecule has 0 bridgehead atoms. The summed E-state index contributed by atoms with van der Waals surface area (Å²) in [5.74, 6) is -1.09. The summed E-state index contributed by atoms with van der Waals surface area (Å²) in [6.07, 6.45) is 29.7. The summed E-state index contributed by atoms with van der Waals surface area (Å²) in [5.41, 5.74) is 0. The fourth-order valence-corrected chi connectivity index (χ4v) is 8.96. The Morgan fingerprint density at radius 3 is 1.22 bits per heavy atom. The number of phosphoric ester groups is 1. The molecular formula is C49H93O13P. The molecule has 1 saturated carbocycles. The summed E-state index contributed by atoms with van der Waals surface area (Å²) in [4.78, 5) is 35.8. The first kappa shape index (κ1) is 59.6. The van der Waals surface area contributed by atoms with E-state index < -0.39 is 75.7 Å². The van der Waals surface area contributed by atoms with E-state index in [-0.39, 0.29) is 12.8 Å². The highest BCUT2D eigenvalue weighted by atomic mass is 31.2. The maximum Gasteiger partial charge on any atom is 0.472 e. The van der Waals surface area contributed by atoms with Gasteiger partial charge in [0.2, 0.25) is 0 Å². The van der Waals surface area contributed by atoms with Crippen LogP contribution >= 0.6 is 7.82 Å². The second-order valence-corrected chi connectivity index (χ2v) is 19.4. The molecular weight excluding hydrogens is 828 g/mol. The van der Waals surface area contributed by atoms with E-state index in [1.54, 1.807) is 0 Å². The highest BCUT2D eigenvalue weighted by Gasteiger charge is 2.51. The summed E-state index contributed by atoms with van der Waals surface area (Å²) in [5, 5.41) is 50.2. The standard InChI is InChI=1S/C49H93O13P/c1-3-5-7-9-11-13-15-17-19-21-23-25-27-29-31-33-35-37-42(50)59-39-41(40-60-63(57,58)62-49-47(55)45(53)44(52)46(54)48(49)56)61-43(51)38-36-34-32-30-28-26-24-22-20-18-16-14-12-10-8-6-4-2/h14,16,41,44-49,52-56H,3-13,15,17-40H2,1-2H3,(H,57,58)/b16-14+/t41-,44?,45-,46?,47?,48?,49?/m0/s1. The minimum atomic E-state index is -5.12. The first-order chi connectivity index (χ1) is 30.4. The number of aliphatic hydroxyl groups excluding tert-OH is 5. The van der Waals surface area contributed by atoms with Crippen molar-refractivity contribution in [2.75, 3.05) is 13.2 Å². The van der Waals surface area contributed by atoms with Crippen LogP contribution in [0.15, 0.2) is 12.2 Å². The molecule has 372 valence electrons. The summed E-state index contributed by atoms with van der Waals surface area (Å²) in [6.45, 7) is 3.32. The largest absolute Gasteiger partial charge is 0.472 e. The van der Waals surface area contributed by atoms with Crippen LogP contribution in [0.5, 0.6) is 0 Å². The van der Waals surface area contributed by atoms with Crippen LogP contribution in [0.3, 0.4) is 0 Å². The van der Waals surface area contributed by atoms with Gasteiger partial charge in [-0.25, -0.2) is 4.57 Å². The van der Waals surface area contributed by atoms with Crippen LogP contribution in [0, 0.1) is 0 Å². The quantitative estimate of drug-likeness (QED) is 0.0146. The van der Waals surface area contributed by atoms with E-state index in [1.807, 2.05) is 0 Å². The van der Waals surface area contributed by atoms with Crippen molar-refractivity contribution in [2.24, 2.45) is 0 Å². The van der Waals surface area contributed by atoms with Gasteiger partial charge in [-0.05, 0) is 38.5 Å². The highest BCUT2D eigenvalue weighted by Crippen LogP contribution is 2.47. The molecule has 63 heavy (non-hydrogen) atoms. The minimum Gasteiger partial charge on any atom is -0.462 e. The lowest BCUT2D eigenvalue weighted by Gasteiger charge is -2.41. The lowest BCUT2D eigenvalue weighted by atomic mass is 9.85. The number of phosphoric acid groups is 1. The van der Waals surface area contributed by atoms with Crippen molar-refractivity contribution < 1.29 is 63.1 Å². The highest BCUT2D eigenvalue weighted by molar-refractivity contribution is 7.47. The first-order valence-electron chi connectivity index (χ1n) is 25.5. The van der Waals surface area contributed by atoms with E-state index in [1.165, 1.54) is 141 Å². The normalized spacial score (nSPS) is 21.7. The molecule has 0 aromatic heterocycles. The molecule has 1 aliphatic rings. The SMILES string of the molecule is CCCCCC/C=C/CCCCCCCCCCCC(=O)O[C@@H](COC(=O)CCCCCCCCCCCCCCCCCCC)COP(=O)(O)OC1C(O)C(O)C(O)[C@H](O)C1O. The smallest absolute Gasteiger partial charge is 0.462 e. The van der Waals surface area contributed by atoms with Crippen LogP contribution in [-0.2, 0) is 32.7 Å². The maximum absolute atomic E-state index is 12.8. The second-order valence-electron chi connectivity index (χ2n) is 18.0. The van der Waals surface area contributed by atoms with Gasteiger partial charge in [-0.1, -0.05) is 193 Å². The Balaban J connectivity index is 2.40. The van der Waals surface area contributed by atoms with Crippen LogP contribution in [0.1, 0.15) is 232 Å². The molecule has 13 nitrogen and oxygen atoms in total. The van der Waals surface area contributed by atoms with E-state index in [9.17, 15) is 44.6 Å². The number of hydrogen-bond acceptors (Lipinski definition) is 12. The van der Waals surface area contributed by atoms with Crippen LogP contribution in [0.2, 0.25) is 0 Å². The van der Waals surface area contributed by atoms with Crippen LogP contribution in [-0.4, -0.2) is 98.3 Å². The van der Waals surface area contributed by atoms with Gasteiger partial charge in [-0.3, -0.25) is 18.6 Å². The molecule has 0 radical (unpaired) electrons. The molecule has 8 atom stereocenters. The molecule has 0 saturated heterocycles. The Hall–Kier alpha value is -1.41. The van der Waals surface area contributed by atoms with Crippen LogP contribution in [0.25, 0.3) is 0 Å². The van der Waals surface area contributed by atoms with Crippen molar-refractivity contribution in [3.8, 4) is 0 Å². The van der Waals surface area contributed by atoms with Gasteiger partial charge in [0.25, 0.3) is 0 Å². The number of ether oxygens (including phenoxy) is 2. The molecule has 0 aliphatic heterocycles. The van der Waals surface area contributed by atoms with Gasteiger partial charge in [0, 0.05) is 12.8 Å². The minimum absolute atomic E-state index is 0.0989. The first-order valence-corrected chi connectivity index (χ1v) is 27.0. The Morgan fingerprint density at radius 1 is 0.476 bits per heavy atom. The summed E-state index contributed by atoms with van der Waals surface area (Å²) in [6, 6.07) is 0. The molecule has 6 N–H and O–H groups in total. The van der Waals surface area contributed by atoms with Crippen LogP contribution < -0.4 is 0 Å². The van der Waals surface area contributed by atoms with Crippen molar-refractivity contribution in [2.45, 2.75) is 275 Å². The van der Waals surface area contributed by atoms with E-state index in [2.05, 4.69) is 26.0 Å². The molecule has 0 heterocycles. The zero-order valence-corrected chi connectivity index (χ0v) is 40.5. The Bertz CT molecular complexity index is 1160. The van der Waals surface area contributed by atoms with Crippen LogP contribution in [0.4, 0.5) is 0 Å². The van der Waals surface area contributed by atoms with Gasteiger partial charge in [0.1, 0.15) is 43.2 Å². The third kappa shape index (κ3) is 32.0. The van der Waals surface area contributed by atoms with Gasteiger partial charge >= 0.3 is 19.8 Å². The summed E-state index contributed by atoms with van der Waals surface area (Å²) < 4.78 is 33.6. The zero-order chi connectivity index (χ0) is 46.4. The molecule has 6 unspecified atom stereocenters. The predicted octanol–water partition coefficient (Wildman–Crippen LogP) is 10.6. The van der Waals surface area contributed by atoms with E-state index in [0.717, 1.165) is 51.4 Å². The lowest BCUT2D eigenvalue weighted by Crippen LogP contribution is -2.64. The van der Waals surface area contributed by atoms with Gasteiger partial charge < -0.3 is 39.9 Å². The van der Waals surface area contributed by atoms with Crippen molar-refractivity contribution in [1.29, 1.82) is 0 Å². The van der Waals surface area contributed by atoms with E-state index in [0.29, 0.717) is 12.8 Å². The fraction of sp³-hybridized carbons (Fsp3) is 0.918. The van der Waals surface area contributed by atoms with Gasteiger partial charge in [-0.2, -0.15) is 0 Å². The average Bonchev–Trinajstić information content (AvgIpc) is 3.26. The fourth-order valence-electron chi connectivity index (χ4n) is 7.99. The summed E-state index contributed by atoms with van der Waals surface area (Å²) in [7, 11) is -5.12. The van der Waals surface area contributed by atoms with E-state index >= 15 is 0 Å². The number of rotatable bonds is 43. The van der Waals surface area contributed by atoms with Gasteiger partial charge in [0.15, 0.2) is 6.10 Å². The number of allylic oxidation sites excluding steroid dienone is 2. The molecule has 0 spiro atoms. The molecule has 1 rings (SSSR count). The van der Waals surface area contributed by atoms with Crippen molar-refractivity contribution in [1.82, 2.24) is 0 Å². The number of aliphatic hydroxyl groups is 5. The topological polar surface area (TPSA) is 210 Å². The van der Waals surface area contributed by atoms with Crippen molar-refractivity contribution in [3.63, 3.8) is 0 Å². The number of carbonyl (C=O) groups is 2. The second kappa shape index (κ2) is 39.7. The third-order valence-electron chi connectivity index (χ3n) is 12.1. The van der Waals surface area contributed by atoms with Gasteiger partial charge in [0.05, 0.1) is 6.61 Å². The molecule has 1 aliphatic carbocycles. The van der Waals surface area contributed by atoms with Gasteiger partial charge in [-0.15, -0.1) is 0 Å². The average molecular weight is 921 g/mol. The molecule has 0 amide bonds. The molecule has 0 aromatic rings. The zero-order valence-electron chi connectivity index (χ0n) is 39.6. The van der Waals surface area contributed by atoms with Crippen molar-refractivity contribution >= 4 is 19.8 Å². The lowest BCUT2D eigenvalue weighted by molar-refractivity contribution is -0.220. The summed E-state index contributed by atoms with van der Waals surface area (Å²) >= 11 is 0. The monoisotopic (exact) mass is 921 g/mol. The Kier molecular flexibility index (Phi) is 37.6. The number of carbonyl (C=O) groups excluding carboxylic acids is 2. The third-order valence-corrected chi connectivity index (χ3v) is 13.1. The van der Waals surface area contributed by atoms with E-state index in [4.69, 9.17) is 18.5 Å². The molecule has 0 aromatic carbocycles. The van der Waals surface area contributed by atoms with Crippen molar-refractivity contribution in [3.05, 3.63) is 12.2 Å². The molecule has 1 fully saturated rings. The number of esters is 2. The molecule has 14 heteroatoms.